The van der Waals surface area contributed by atoms with E-state index in [1.54, 1.807) is 11.3 Å². The van der Waals surface area contributed by atoms with Crippen molar-refractivity contribution in [3.8, 4) is 0 Å². The first-order valence-electron chi connectivity index (χ1n) is 6.91. The van der Waals surface area contributed by atoms with E-state index in [4.69, 9.17) is 5.73 Å². The summed E-state index contributed by atoms with van der Waals surface area (Å²) in [7, 11) is 0. The lowest BCUT2D eigenvalue weighted by Crippen LogP contribution is -2.57. The average molecular weight is 289 g/mol. The molecule has 1 amide bonds. The molecule has 1 saturated heterocycles. The van der Waals surface area contributed by atoms with Gasteiger partial charge in [-0.1, -0.05) is 18.2 Å². The molecule has 2 atom stereocenters. The standard InChI is InChI=1S/C15H19N3OS/c1-10(18-7-6-17-9-12(18)15(16)19)14-8-11-4-2-3-5-13(11)20-14/h2-5,8,10,12,17H,6-7,9H2,1H3,(H2,16,19). The van der Waals surface area contributed by atoms with Crippen molar-refractivity contribution in [2.45, 2.75) is 19.0 Å². The van der Waals surface area contributed by atoms with E-state index in [2.05, 4.69) is 47.5 Å². The molecule has 0 aliphatic carbocycles. The molecule has 1 aromatic heterocycles. The van der Waals surface area contributed by atoms with E-state index in [9.17, 15) is 4.79 Å². The Balaban J connectivity index is 1.89. The molecule has 0 spiro atoms. The summed E-state index contributed by atoms with van der Waals surface area (Å²) in [4.78, 5) is 15.1. The Labute approximate surface area is 122 Å². The molecule has 0 saturated carbocycles. The van der Waals surface area contributed by atoms with Crippen LogP contribution in [-0.2, 0) is 4.79 Å². The number of fused-ring (bicyclic) bond motifs is 1. The molecule has 1 aromatic carbocycles. The normalized spacial score (nSPS) is 21.9. The molecule has 1 aliphatic heterocycles. The minimum Gasteiger partial charge on any atom is -0.368 e. The summed E-state index contributed by atoms with van der Waals surface area (Å²) in [6.07, 6.45) is 0. The summed E-state index contributed by atoms with van der Waals surface area (Å²) < 4.78 is 1.29. The van der Waals surface area contributed by atoms with Gasteiger partial charge in [0.2, 0.25) is 5.91 Å². The highest BCUT2D eigenvalue weighted by molar-refractivity contribution is 7.19. The number of hydrogen-bond acceptors (Lipinski definition) is 4. The molecule has 1 aliphatic rings. The number of primary amides is 1. The number of carbonyl (C=O) groups is 1. The predicted molar refractivity (Wildman–Crippen MR) is 82.8 cm³/mol. The number of amides is 1. The molecule has 2 heterocycles. The molecule has 0 radical (unpaired) electrons. The molecule has 3 rings (SSSR count). The van der Waals surface area contributed by atoms with Crippen molar-refractivity contribution in [1.29, 1.82) is 0 Å². The van der Waals surface area contributed by atoms with E-state index in [1.165, 1.54) is 15.0 Å². The van der Waals surface area contributed by atoms with Crippen molar-refractivity contribution in [2.75, 3.05) is 19.6 Å². The number of nitrogens with one attached hydrogen (secondary N) is 1. The van der Waals surface area contributed by atoms with Gasteiger partial charge in [-0.05, 0) is 24.4 Å². The number of thiophene rings is 1. The third-order valence-corrected chi connectivity index (χ3v) is 5.25. The summed E-state index contributed by atoms with van der Waals surface area (Å²) in [6, 6.07) is 10.6. The van der Waals surface area contributed by atoms with Gasteiger partial charge >= 0.3 is 0 Å². The second-order valence-electron chi connectivity index (χ2n) is 5.22. The fourth-order valence-electron chi connectivity index (χ4n) is 2.82. The summed E-state index contributed by atoms with van der Waals surface area (Å²) in [5, 5.41) is 4.51. The molecule has 2 aromatic rings. The Hall–Kier alpha value is -1.43. The van der Waals surface area contributed by atoms with Crippen molar-refractivity contribution in [3.05, 3.63) is 35.2 Å². The van der Waals surface area contributed by atoms with Gasteiger partial charge in [-0.25, -0.2) is 0 Å². The van der Waals surface area contributed by atoms with Gasteiger partial charge in [-0.3, -0.25) is 9.69 Å². The molecular formula is C15H19N3OS. The number of hydrogen-bond donors (Lipinski definition) is 2. The monoisotopic (exact) mass is 289 g/mol. The molecule has 1 fully saturated rings. The largest absolute Gasteiger partial charge is 0.368 e. The van der Waals surface area contributed by atoms with Crippen LogP contribution in [0.1, 0.15) is 17.8 Å². The van der Waals surface area contributed by atoms with Gasteiger partial charge in [-0.15, -0.1) is 11.3 Å². The van der Waals surface area contributed by atoms with E-state index in [-0.39, 0.29) is 18.0 Å². The third kappa shape index (κ3) is 2.44. The fourth-order valence-corrected chi connectivity index (χ4v) is 3.96. The van der Waals surface area contributed by atoms with Gasteiger partial charge in [0.1, 0.15) is 6.04 Å². The van der Waals surface area contributed by atoms with Gasteiger partial charge in [0.15, 0.2) is 0 Å². The Morgan fingerprint density at radius 3 is 3.05 bits per heavy atom. The second-order valence-corrected chi connectivity index (χ2v) is 6.34. The number of nitrogens with two attached hydrogens (primary N) is 1. The molecule has 0 bridgehead atoms. The second kappa shape index (κ2) is 5.52. The quantitative estimate of drug-likeness (QED) is 0.904. The van der Waals surface area contributed by atoms with E-state index in [0.29, 0.717) is 6.54 Å². The van der Waals surface area contributed by atoms with Crippen molar-refractivity contribution < 1.29 is 4.79 Å². The first kappa shape index (κ1) is 13.5. The summed E-state index contributed by atoms with van der Waals surface area (Å²) >= 11 is 1.80. The minimum absolute atomic E-state index is 0.215. The number of nitrogens with zero attached hydrogens (tertiary/aromatic N) is 1. The van der Waals surface area contributed by atoms with Crippen molar-refractivity contribution in [3.63, 3.8) is 0 Å². The molecule has 20 heavy (non-hydrogen) atoms. The molecule has 5 heteroatoms. The third-order valence-electron chi connectivity index (χ3n) is 3.97. The van der Waals surface area contributed by atoms with Crippen molar-refractivity contribution in [1.82, 2.24) is 10.2 Å². The van der Waals surface area contributed by atoms with Crippen LogP contribution in [0.15, 0.2) is 30.3 Å². The lowest BCUT2D eigenvalue weighted by atomic mass is 10.1. The number of benzene rings is 1. The first-order chi connectivity index (χ1) is 9.66. The van der Waals surface area contributed by atoms with Gasteiger partial charge < -0.3 is 11.1 Å². The highest BCUT2D eigenvalue weighted by atomic mass is 32.1. The topological polar surface area (TPSA) is 58.4 Å². The van der Waals surface area contributed by atoms with Crippen LogP contribution in [0.2, 0.25) is 0 Å². The molecule has 2 unspecified atom stereocenters. The SMILES string of the molecule is CC(c1cc2ccccc2s1)N1CCNCC1C(N)=O. The number of piperazine rings is 1. The molecular weight excluding hydrogens is 270 g/mol. The predicted octanol–water partition coefficient (Wildman–Crippen LogP) is 1.72. The average Bonchev–Trinajstić information content (AvgIpc) is 2.90. The fraction of sp³-hybridized carbons (Fsp3) is 0.400. The summed E-state index contributed by atoms with van der Waals surface area (Å²) in [6.45, 7) is 4.55. The van der Waals surface area contributed by atoms with Gasteiger partial charge in [0, 0.05) is 35.3 Å². The van der Waals surface area contributed by atoms with Crippen LogP contribution < -0.4 is 11.1 Å². The maximum atomic E-state index is 11.6. The van der Waals surface area contributed by atoms with Crippen LogP contribution in [0, 0.1) is 0 Å². The number of carbonyl (C=O) groups excluding carboxylic acids is 1. The van der Waals surface area contributed by atoms with Gasteiger partial charge in [0.25, 0.3) is 0 Å². The van der Waals surface area contributed by atoms with E-state index in [1.807, 2.05) is 0 Å². The van der Waals surface area contributed by atoms with Crippen molar-refractivity contribution in [2.24, 2.45) is 5.73 Å². The summed E-state index contributed by atoms with van der Waals surface area (Å²) in [5.74, 6) is -0.245. The molecule has 106 valence electrons. The zero-order chi connectivity index (χ0) is 14.1. The Bertz CT molecular complexity index is 591. The first-order valence-corrected chi connectivity index (χ1v) is 7.72. The van der Waals surface area contributed by atoms with E-state index < -0.39 is 0 Å². The van der Waals surface area contributed by atoms with Crippen molar-refractivity contribution >= 4 is 27.3 Å². The van der Waals surface area contributed by atoms with E-state index >= 15 is 0 Å². The van der Waals surface area contributed by atoms with Crippen LogP contribution >= 0.6 is 11.3 Å². The lowest BCUT2D eigenvalue weighted by Gasteiger charge is -2.38. The Morgan fingerprint density at radius 1 is 1.50 bits per heavy atom. The highest BCUT2D eigenvalue weighted by Crippen LogP contribution is 2.33. The highest BCUT2D eigenvalue weighted by Gasteiger charge is 2.31. The maximum absolute atomic E-state index is 11.6. The van der Waals surface area contributed by atoms with E-state index in [0.717, 1.165) is 13.1 Å². The Kier molecular flexibility index (Phi) is 3.74. The minimum atomic E-state index is -0.245. The van der Waals surface area contributed by atoms with Crippen LogP contribution in [0.4, 0.5) is 0 Å². The zero-order valence-electron chi connectivity index (χ0n) is 11.5. The maximum Gasteiger partial charge on any atom is 0.236 e. The summed E-state index contributed by atoms with van der Waals surface area (Å²) in [5.41, 5.74) is 5.53. The van der Waals surface area contributed by atoms with Crippen LogP contribution in [0.25, 0.3) is 10.1 Å². The lowest BCUT2D eigenvalue weighted by molar-refractivity contribution is -0.124. The number of rotatable bonds is 3. The van der Waals surface area contributed by atoms with Crippen LogP contribution in [0.5, 0.6) is 0 Å². The zero-order valence-corrected chi connectivity index (χ0v) is 12.3. The van der Waals surface area contributed by atoms with Gasteiger partial charge in [0.05, 0.1) is 0 Å². The molecule has 3 N–H and O–H groups in total. The van der Waals surface area contributed by atoms with Crippen LogP contribution in [0.3, 0.4) is 0 Å². The van der Waals surface area contributed by atoms with Gasteiger partial charge in [-0.2, -0.15) is 0 Å². The van der Waals surface area contributed by atoms with Crippen LogP contribution in [-0.4, -0.2) is 36.5 Å². The molecule has 4 nitrogen and oxygen atoms in total. The smallest absolute Gasteiger partial charge is 0.236 e. The Morgan fingerprint density at radius 2 is 2.30 bits per heavy atom.